The lowest BCUT2D eigenvalue weighted by Gasteiger charge is -2.26. The van der Waals surface area contributed by atoms with Gasteiger partial charge in [-0.05, 0) is 31.7 Å². The van der Waals surface area contributed by atoms with E-state index in [9.17, 15) is 14.4 Å². The Morgan fingerprint density at radius 1 is 0.921 bits per heavy atom. The monoisotopic (exact) mass is 528 g/mol. The third kappa shape index (κ3) is 9.04. The summed E-state index contributed by atoms with van der Waals surface area (Å²) in [7, 11) is 1.41. The second-order valence-electron chi connectivity index (χ2n) is 9.90. The Labute approximate surface area is 225 Å². The molecule has 38 heavy (non-hydrogen) atoms. The number of aromatic nitrogens is 1. The molecule has 1 aromatic heterocycles. The molecule has 9 heteroatoms. The number of esters is 2. The summed E-state index contributed by atoms with van der Waals surface area (Å²) in [6.45, 7) is 10.7. The number of benzene rings is 1. The van der Waals surface area contributed by atoms with Crippen LogP contribution in [0, 0.1) is 11.8 Å². The summed E-state index contributed by atoms with van der Waals surface area (Å²) < 4.78 is 21.7. The van der Waals surface area contributed by atoms with E-state index >= 15 is 0 Å². The van der Waals surface area contributed by atoms with Crippen molar-refractivity contribution < 1.29 is 33.3 Å². The van der Waals surface area contributed by atoms with E-state index in [-0.39, 0.29) is 29.0 Å². The van der Waals surface area contributed by atoms with Gasteiger partial charge in [0.25, 0.3) is 5.91 Å². The molecule has 2 rings (SSSR count). The molecular weight excluding hydrogens is 488 g/mol. The number of pyridine rings is 1. The number of nitrogens with one attached hydrogen (secondary N) is 1. The first-order valence-electron chi connectivity index (χ1n) is 12.9. The van der Waals surface area contributed by atoms with Crippen molar-refractivity contribution >= 4 is 17.8 Å². The molecule has 9 nitrogen and oxygen atoms in total. The van der Waals surface area contributed by atoms with E-state index in [1.54, 1.807) is 20.8 Å². The Hall–Kier alpha value is -3.62. The standard InChI is InChI=1S/C29H40N2O7/c1-18(2)13-14-23(22-11-9-8-10-12-22)21(6)38-29(34)20(5)31-27(32)25-26(24(35-7)15-16-30-25)36-17-37-28(33)19(3)4/h8-12,15-16,18-21,23H,13-14,17H2,1-7H3,(H,31,32)/t20-,21-,23-/m0/s1. The highest BCUT2D eigenvalue weighted by Crippen LogP contribution is 2.30. The van der Waals surface area contributed by atoms with Crippen molar-refractivity contribution in [3.05, 3.63) is 53.9 Å². The molecule has 0 unspecified atom stereocenters. The van der Waals surface area contributed by atoms with Gasteiger partial charge in [-0.1, -0.05) is 64.4 Å². The minimum atomic E-state index is -0.953. The third-order valence-corrected chi connectivity index (χ3v) is 6.03. The molecule has 1 amide bonds. The first-order chi connectivity index (χ1) is 18.0. The first-order valence-corrected chi connectivity index (χ1v) is 12.9. The molecule has 3 atom stereocenters. The van der Waals surface area contributed by atoms with E-state index in [1.165, 1.54) is 19.4 Å². The predicted molar refractivity (Wildman–Crippen MR) is 143 cm³/mol. The number of amides is 1. The largest absolute Gasteiger partial charge is 0.493 e. The fraction of sp³-hybridized carbons (Fsp3) is 0.517. The van der Waals surface area contributed by atoms with E-state index in [0.29, 0.717) is 5.92 Å². The first kappa shape index (κ1) is 30.6. The maximum atomic E-state index is 13.0. The number of carbonyl (C=O) groups excluding carboxylic acids is 3. The molecule has 0 aliphatic rings. The van der Waals surface area contributed by atoms with Crippen LogP contribution in [0.3, 0.4) is 0 Å². The third-order valence-electron chi connectivity index (χ3n) is 6.03. The molecule has 1 heterocycles. The van der Waals surface area contributed by atoms with Crippen molar-refractivity contribution in [2.75, 3.05) is 13.9 Å². The topological polar surface area (TPSA) is 113 Å². The van der Waals surface area contributed by atoms with Gasteiger partial charge in [0.1, 0.15) is 12.1 Å². The van der Waals surface area contributed by atoms with Gasteiger partial charge >= 0.3 is 11.9 Å². The van der Waals surface area contributed by atoms with Crippen molar-refractivity contribution in [2.45, 2.75) is 72.4 Å². The van der Waals surface area contributed by atoms with Crippen LogP contribution in [-0.2, 0) is 19.1 Å². The lowest BCUT2D eigenvalue weighted by molar-refractivity contribution is -0.154. The fourth-order valence-corrected chi connectivity index (χ4v) is 3.78. The van der Waals surface area contributed by atoms with Gasteiger partial charge in [0, 0.05) is 18.2 Å². The van der Waals surface area contributed by atoms with E-state index in [0.717, 1.165) is 18.4 Å². The van der Waals surface area contributed by atoms with Gasteiger partial charge in [-0.25, -0.2) is 9.78 Å². The van der Waals surface area contributed by atoms with E-state index in [2.05, 4.69) is 24.1 Å². The molecule has 0 fully saturated rings. The maximum Gasteiger partial charge on any atom is 0.328 e. The fourth-order valence-electron chi connectivity index (χ4n) is 3.78. The van der Waals surface area contributed by atoms with E-state index < -0.39 is 36.8 Å². The quantitative estimate of drug-likeness (QED) is 0.272. The summed E-state index contributed by atoms with van der Waals surface area (Å²) in [5, 5.41) is 2.62. The van der Waals surface area contributed by atoms with Crippen LogP contribution in [0.5, 0.6) is 11.5 Å². The van der Waals surface area contributed by atoms with Crippen molar-refractivity contribution in [3.8, 4) is 11.5 Å². The summed E-state index contributed by atoms with van der Waals surface area (Å²) >= 11 is 0. The predicted octanol–water partition coefficient (Wildman–Crippen LogP) is 4.90. The number of rotatable bonds is 14. The van der Waals surface area contributed by atoms with Gasteiger partial charge in [-0.3, -0.25) is 9.59 Å². The van der Waals surface area contributed by atoms with Crippen molar-refractivity contribution in [2.24, 2.45) is 11.8 Å². The maximum absolute atomic E-state index is 13.0. The Bertz CT molecular complexity index is 1060. The molecule has 208 valence electrons. The van der Waals surface area contributed by atoms with Crippen LogP contribution in [0.2, 0.25) is 0 Å². The molecule has 2 aromatic rings. The molecule has 1 aromatic carbocycles. The second-order valence-corrected chi connectivity index (χ2v) is 9.90. The zero-order valence-corrected chi connectivity index (χ0v) is 23.4. The molecule has 1 N–H and O–H groups in total. The van der Waals surface area contributed by atoms with Crippen LogP contribution in [0.4, 0.5) is 0 Å². The summed E-state index contributed by atoms with van der Waals surface area (Å²) in [5.41, 5.74) is 0.988. The highest BCUT2D eigenvalue weighted by Gasteiger charge is 2.28. The molecule has 0 aliphatic heterocycles. The number of methoxy groups -OCH3 is 1. The van der Waals surface area contributed by atoms with Gasteiger partial charge in [0.15, 0.2) is 17.2 Å². The average Bonchev–Trinajstić information content (AvgIpc) is 2.88. The second kappa shape index (κ2) is 15.0. The van der Waals surface area contributed by atoms with Crippen molar-refractivity contribution in [1.82, 2.24) is 10.3 Å². The van der Waals surface area contributed by atoms with Crippen LogP contribution >= 0.6 is 0 Å². The number of ether oxygens (including phenoxy) is 4. The lowest BCUT2D eigenvalue weighted by atomic mass is 9.87. The average molecular weight is 529 g/mol. The van der Waals surface area contributed by atoms with E-state index in [1.807, 2.05) is 37.3 Å². The van der Waals surface area contributed by atoms with Gasteiger partial charge in [-0.15, -0.1) is 0 Å². The summed E-state index contributed by atoms with van der Waals surface area (Å²) in [6, 6.07) is 10.5. The van der Waals surface area contributed by atoms with Crippen molar-refractivity contribution in [3.63, 3.8) is 0 Å². The number of hydrogen-bond donors (Lipinski definition) is 1. The minimum absolute atomic E-state index is 0.00387. The smallest absolute Gasteiger partial charge is 0.328 e. The van der Waals surface area contributed by atoms with Gasteiger partial charge in [0.2, 0.25) is 6.79 Å². The van der Waals surface area contributed by atoms with Gasteiger partial charge in [0.05, 0.1) is 13.0 Å². The van der Waals surface area contributed by atoms with Crippen LogP contribution < -0.4 is 14.8 Å². The highest BCUT2D eigenvalue weighted by molar-refractivity contribution is 5.98. The number of nitrogens with zero attached hydrogens (tertiary/aromatic N) is 1. The minimum Gasteiger partial charge on any atom is -0.493 e. The molecule has 0 saturated carbocycles. The Morgan fingerprint density at radius 3 is 2.21 bits per heavy atom. The SMILES string of the molecule is COc1ccnc(C(=O)N[C@@H](C)C(=O)O[C@@H](C)[C@H](CCC(C)C)c2ccccc2)c1OCOC(=O)C(C)C. The molecule has 0 aliphatic carbocycles. The van der Waals surface area contributed by atoms with Gasteiger partial charge in [-0.2, -0.15) is 0 Å². The van der Waals surface area contributed by atoms with E-state index in [4.69, 9.17) is 18.9 Å². The lowest BCUT2D eigenvalue weighted by Crippen LogP contribution is -2.41. The molecule has 0 spiro atoms. The molecule has 0 bridgehead atoms. The van der Waals surface area contributed by atoms with Crippen LogP contribution in [0.1, 0.15) is 76.4 Å². The Balaban J connectivity index is 2.09. The Kier molecular flexibility index (Phi) is 12.0. The summed E-state index contributed by atoms with van der Waals surface area (Å²) in [5.74, 6) is -1.24. The normalized spacial score (nSPS) is 13.4. The molecular formula is C29H40N2O7. The Morgan fingerprint density at radius 2 is 1.61 bits per heavy atom. The zero-order chi connectivity index (χ0) is 28.2. The van der Waals surface area contributed by atoms with Crippen molar-refractivity contribution in [1.29, 1.82) is 0 Å². The zero-order valence-electron chi connectivity index (χ0n) is 23.4. The summed E-state index contributed by atoms with van der Waals surface area (Å²) in [4.78, 5) is 41.8. The molecule has 0 radical (unpaired) electrons. The van der Waals surface area contributed by atoms with Crippen LogP contribution in [0.25, 0.3) is 0 Å². The van der Waals surface area contributed by atoms with Gasteiger partial charge < -0.3 is 24.3 Å². The van der Waals surface area contributed by atoms with Crippen LogP contribution in [0.15, 0.2) is 42.6 Å². The number of hydrogen-bond acceptors (Lipinski definition) is 8. The van der Waals surface area contributed by atoms with Crippen LogP contribution in [-0.4, -0.2) is 48.9 Å². The highest BCUT2D eigenvalue weighted by atomic mass is 16.7. The summed E-state index contributed by atoms with van der Waals surface area (Å²) in [6.07, 6.45) is 2.84. The molecule has 0 saturated heterocycles. The number of carbonyl (C=O) groups is 3.